The van der Waals surface area contributed by atoms with Crippen molar-refractivity contribution in [1.82, 2.24) is 5.32 Å². The summed E-state index contributed by atoms with van der Waals surface area (Å²) >= 11 is 0. The van der Waals surface area contributed by atoms with E-state index in [1.807, 2.05) is 19.9 Å². The monoisotopic (exact) mass is 344 g/mol. The summed E-state index contributed by atoms with van der Waals surface area (Å²) in [5, 5.41) is 3.04. The number of hydrogen-bond donors (Lipinski definition) is 2. The molecule has 138 valence electrons. The van der Waals surface area contributed by atoms with Crippen molar-refractivity contribution in [2.45, 2.75) is 83.3 Å². The Labute approximate surface area is 151 Å². The Morgan fingerprint density at radius 2 is 1.84 bits per heavy atom. The molecule has 1 amide bonds. The van der Waals surface area contributed by atoms with Crippen molar-refractivity contribution in [3.63, 3.8) is 0 Å². The number of benzene rings is 1. The number of carbonyl (C=O) groups is 1. The number of nitrogens with one attached hydrogen (secondary N) is 1. The molecule has 2 aliphatic carbocycles. The number of ether oxygens (including phenoxy) is 1. The van der Waals surface area contributed by atoms with Crippen LogP contribution >= 0.6 is 0 Å². The van der Waals surface area contributed by atoms with Crippen LogP contribution < -0.4 is 15.8 Å². The van der Waals surface area contributed by atoms with Gasteiger partial charge < -0.3 is 15.8 Å². The molecular weight excluding hydrogens is 312 g/mol. The predicted octanol–water partition coefficient (Wildman–Crippen LogP) is 3.42. The lowest BCUT2D eigenvalue weighted by molar-refractivity contribution is -0.134. The molecule has 4 heteroatoms. The van der Waals surface area contributed by atoms with Gasteiger partial charge in [-0.15, -0.1) is 0 Å². The van der Waals surface area contributed by atoms with Gasteiger partial charge >= 0.3 is 0 Å². The summed E-state index contributed by atoms with van der Waals surface area (Å²) in [5.41, 5.74) is 9.28. The number of fused-ring (bicyclic) bond motifs is 1. The van der Waals surface area contributed by atoms with E-state index in [0.717, 1.165) is 44.3 Å². The van der Waals surface area contributed by atoms with E-state index in [-0.39, 0.29) is 11.4 Å². The van der Waals surface area contributed by atoms with E-state index in [0.29, 0.717) is 6.54 Å². The van der Waals surface area contributed by atoms with Gasteiger partial charge in [0.15, 0.2) is 5.60 Å². The molecule has 1 aromatic carbocycles. The van der Waals surface area contributed by atoms with E-state index < -0.39 is 5.60 Å². The van der Waals surface area contributed by atoms with E-state index in [9.17, 15) is 4.79 Å². The molecule has 0 unspecified atom stereocenters. The van der Waals surface area contributed by atoms with Crippen LogP contribution in [0.25, 0.3) is 0 Å². The molecule has 0 bridgehead atoms. The number of aryl methyl sites for hydroxylation is 1. The molecule has 1 fully saturated rings. The maximum atomic E-state index is 12.7. The van der Waals surface area contributed by atoms with Crippen LogP contribution in [-0.4, -0.2) is 23.6 Å². The van der Waals surface area contributed by atoms with Crippen LogP contribution in [0.4, 0.5) is 0 Å². The molecule has 1 saturated carbocycles. The summed E-state index contributed by atoms with van der Waals surface area (Å²) in [4.78, 5) is 12.7. The van der Waals surface area contributed by atoms with Gasteiger partial charge in [-0.3, -0.25) is 4.79 Å². The smallest absolute Gasteiger partial charge is 0.263 e. The number of amides is 1. The molecule has 0 aromatic heterocycles. The molecule has 4 nitrogen and oxygen atoms in total. The van der Waals surface area contributed by atoms with E-state index in [1.165, 1.54) is 29.5 Å². The van der Waals surface area contributed by atoms with Crippen LogP contribution in [0.2, 0.25) is 0 Å². The first-order chi connectivity index (χ1) is 11.8. The lowest BCUT2D eigenvalue weighted by Crippen LogP contribution is -2.55. The minimum atomic E-state index is -0.906. The molecule has 2 aliphatic rings. The summed E-state index contributed by atoms with van der Waals surface area (Å²) in [5.74, 6) is 0.772. The van der Waals surface area contributed by atoms with Crippen molar-refractivity contribution >= 4 is 5.91 Å². The van der Waals surface area contributed by atoms with Gasteiger partial charge in [-0.2, -0.15) is 0 Å². The molecule has 0 aliphatic heterocycles. The summed E-state index contributed by atoms with van der Waals surface area (Å²) in [6, 6.07) is 4.12. The Balaban J connectivity index is 1.65. The van der Waals surface area contributed by atoms with Gasteiger partial charge in [-0.05, 0) is 75.6 Å². The lowest BCUT2D eigenvalue weighted by atomic mass is 9.82. The minimum Gasteiger partial charge on any atom is -0.478 e. The van der Waals surface area contributed by atoms with E-state index >= 15 is 0 Å². The van der Waals surface area contributed by atoms with E-state index in [2.05, 4.69) is 18.3 Å². The third-order valence-corrected chi connectivity index (χ3v) is 5.84. The zero-order valence-corrected chi connectivity index (χ0v) is 15.9. The number of nitrogens with two attached hydrogens (primary N) is 1. The van der Waals surface area contributed by atoms with Gasteiger partial charge in [0, 0.05) is 12.1 Å². The molecule has 0 saturated heterocycles. The van der Waals surface area contributed by atoms with Crippen LogP contribution in [0.3, 0.4) is 0 Å². The number of carbonyl (C=O) groups excluding carboxylic acids is 1. The van der Waals surface area contributed by atoms with Crippen LogP contribution in [0.1, 0.15) is 69.1 Å². The van der Waals surface area contributed by atoms with Gasteiger partial charge in [0.1, 0.15) is 5.75 Å². The summed E-state index contributed by atoms with van der Waals surface area (Å²) in [7, 11) is 0. The van der Waals surface area contributed by atoms with Crippen molar-refractivity contribution in [2.75, 3.05) is 6.54 Å². The highest BCUT2D eigenvalue weighted by Crippen LogP contribution is 2.35. The van der Waals surface area contributed by atoms with Gasteiger partial charge in [0.2, 0.25) is 0 Å². The van der Waals surface area contributed by atoms with Crippen molar-refractivity contribution in [3.8, 4) is 5.75 Å². The topological polar surface area (TPSA) is 64.3 Å². The molecule has 0 radical (unpaired) electrons. The number of hydrogen-bond acceptors (Lipinski definition) is 3. The highest BCUT2D eigenvalue weighted by molar-refractivity contribution is 5.84. The zero-order chi connectivity index (χ0) is 18.1. The Morgan fingerprint density at radius 3 is 2.56 bits per heavy atom. The molecule has 0 heterocycles. The second-order valence-electron chi connectivity index (χ2n) is 8.41. The molecule has 3 rings (SSSR count). The minimum absolute atomic E-state index is 0.0878. The predicted molar refractivity (Wildman–Crippen MR) is 101 cm³/mol. The Morgan fingerprint density at radius 1 is 1.16 bits per heavy atom. The van der Waals surface area contributed by atoms with Gasteiger partial charge in [-0.1, -0.05) is 25.3 Å². The maximum absolute atomic E-state index is 12.7. The fourth-order valence-electron chi connectivity index (χ4n) is 4.17. The van der Waals surface area contributed by atoms with Crippen LogP contribution in [-0.2, 0) is 17.6 Å². The average Bonchev–Trinajstić information content (AvgIpc) is 3.07. The Bertz CT molecular complexity index is 646. The summed E-state index contributed by atoms with van der Waals surface area (Å²) in [6.07, 6.45) is 8.85. The Kier molecular flexibility index (Phi) is 5.10. The molecule has 0 spiro atoms. The maximum Gasteiger partial charge on any atom is 0.263 e. The van der Waals surface area contributed by atoms with E-state index in [1.54, 1.807) is 0 Å². The first-order valence-corrected chi connectivity index (χ1v) is 9.68. The largest absolute Gasteiger partial charge is 0.478 e. The van der Waals surface area contributed by atoms with E-state index in [4.69, 9.17) is 10.5 Å². The zero-order valence-electron chi connectivity index (χ0n) is 15.9. The second kappa shape index (κ2) is 6.99. The highest BCUT2D eigenvalue weighted by Gasteiger charge is 2.34. The molecular formula is C21H32N2O2. The fraction of sp³-hybridized carbons (Fsp3) is 0.667. The van der Waals surface area contributed by atoms with Gasteiger partial charge in [-0.25, -0.2) is 0 Å². The van der Waals surface area contributed by atoms with Crippen molar-refractivity contribution in [3.05, 3.63) is 28.8 Å². The first-order valence-electron chi connectivity index (χ1n) is 9.68. The lowest BCUT2D eigenvalue weighted by Gasteiger charge is -2.35. The van der Waals surface area contributed by atoms with Gasteiger partial charge in [0.05, 0.1) is 0 Å². The van der Waals surface area contributed by atoms with Crippen LogP contribution in [0, 0.1) is 6.92 Å². The van der Waals surface area contributed by atoms with Crippen molar-refractivity contribution < 1.29 is 9.53 Å². The van der Waals surface area contributed by atoms with Crippen molar-refractivity contribution in [2.24, 2.45) is 5.73 Å². The second-order valence-corrected chi connectivity index (χ2v) is 8.41. The summed E-state index contributed by atoms with van der Waals surface area (Å²) < 4.78 is 6.18. The van der Waals surface area contributed by atoms with Crippen LogP contribution in [0.5, 0.6) is 5.75 Å². The Hall–Kier alpha value is -1.55. The summed E-state index contributed by atoms with van der Waals surface area (Å²) in [6.45, 7) is 6.36. The van der Waals surface area contributed by atoms with Crippen molar-refractivity contribution in [1.29, 1.82) is 0 Å². The first kappa shape index (κ1) is 18.2. The standard InChI is InChI=1S/C21H32N2O2/c1-15-10-11-18(17-9-7-8-16(15)17)25-20(2,3)19(24)23-14-21(22)12-5-4-6-13-21/h10-11H,4-9,12-14,22H2,1-3H3,(H,23,24). The third kappa shape index (κ3) is 4.00. The normalized spacial score (nSPS) is 19.4. The highest BCUT2D eigenvalue weighted by atomic mass is 16.5. The fourth-order valence-corrected chi connectivity index (χ4v) is 4.17. The van der Waals surface area contributed by atoms with Gasteiger partial charge in [0.25, 0.3) is 5.91 Å². The number of rotatable bonds is 5. The quantitative estimate of drug-likeness (QED) is 0.860. The van der Waals surface area contributed by atoms with Crippen LogP contribution in [0.15, 0.2) is 12.1 Å². The average molecular weight is 344 g/mol. The molecule has 0 atom stereocenters. The molecule has 25 heavy (non-hydrogen) atoms. The molecule has 1 aromatic rings. The third-order valence-electron chi connectivity index (χ3n) is 5.84. The SMILES string of the molecule is Cc1ccc(OC(C)(C)C(=O)NCC2(N)CCCCC2)c2c1CCC2. The molecule has 3 N–H and O–H groups in total.